The van der Waals surface area contributed by atoms with Crippen molar-refractivity contribution in [1.29, 1.82) is 0 Å². The summed E-state index contributed by atoms with van der Waals surface area (Å²) in [6, 6.07) is 14.9. The van der Waals surface area contributed by atoms with E-state index in [-0.39, 0.29) is 23.0 Å². The van der Waals surface area contributed by atoms with Crippen molar-refractivity contribution < 1.29 is 14.6 Å². The van der Waals surface area contributed by atoms with Crippen molar-refractivity contribution in [2.24, 2.45) is 4.99 Å². The molecule has 1 amide bonds. The lowest BCUT2D eigenvalue weighted by atomic mass is 9.94. The van der Waals surface area contributed by atoms with Crippen LogP contribution in [-0.2, 0) is 11.3 Å². The highest BCUT2D eigenvalue weighted by Crippen LogP contribution is 2.35. The maximum atomic E-state index is 13.7. The van der Waals surface area contributed by atoms with Crippen LogP contribution in [0.5, 0.6) is 11.5 Å². The Morgan fingerprint density at radius 1 is 1.22 bits per heavy atom. The summed E-state index contributed by atoms with van der Waals surface area (Å²) in [4.78, 5) is 32.5. The Hall–Kier alpha value is -4.44. The Bertz CT molecular complexity index is 1700. The zero-order valence-corrected chi connectivity index (χ0v) is 21.3. The zero-order valence-electron chi connectivity index (χ0n) is 20.5. The number of fused-ring (bicyclic) bond motifs is 1. The summed E-state index contributed by atoms with van der Waals surface area (Å²) in [5, 5.41) is 17.6. The molecule has 2 aromatic carbocycles. The Morgan fingerprint density at radius 3 is 2.70 bits per heavy atom. The van der Waals surface area contributed by atoms with Crippen LogP contribution in [-0.4, -0.2) is 32.5 Å². The second-order valence-electron chi connectivity index (χ2n) is 8.43. The van der Waals surface area contributed by atoms with Crippen molar-refractivity contribution >= 4 is 29.0 Å². The summed E-state index contributed by atoms with van der Waals surface area (Å²) in [6.07, 6.45) is 3.58. The molecule has 1 atom stereocenters. The van der Waals surface area contributed by atoms with E-state index in [1.165, 1.54) is 29.1 Å². The third-order valence-electron chi connectivity index (χ3n) is 6.08. The van der Waals surface area contributed by atoms with Crippen molar-refractivity contribution in [2.75, 3.05) is 12.4 Å². The van der Waals surface area contributed by atoms with Crippen LogP contribution >= 0.6 is 11.3 Å². The van der Waals surface area contributed by atoms with Gasteiger partial charge in [-0.1, -0.05) is 35.6 Å². The highest BCUT2D eigenvalue weighted by Gasteiger charge is 2.33. The summed E-state index contributed by atoms with van der Waals surface area (Å²) in [5.74, 6) is -0.177. The number of phenolic OH excluding ortho intramolecular Hbond substituents is 1. The van der Waals surface area contributed by atoms with E-state index in [9.17, 15) is 14.7 Å². The molecule has 2 aromatic heterocycles. The monoisotopic (exact) mass is 515 g/mol. The Balaban J connectivity index is 1.69. The number of phenols is 1. The summed E-state index contributed by atoms with van der Waals surface area (Å²) >= 11 is 1.24. The lowest BCUT2D eigenvalue weighted by molar-refractivity contribution is -0.113. The quantitative estimate of drug-likeness (QED) is 0.410. The maximum absolute atomic E-state index is 13.7. The predicted octanol–water partition coefficient (Wildman–Crippen LogP) is 2.80. The number of para-hydroxylation sites is 1. The van der Waals surface area contributed by atoms with Gasteiger partial charge in [0.2, 0.25) is 0 Å². The van der Waals surface area contributed by atoms with Crippen LogP contribution in [0.4, 0.5) is 5.69 Å². The minimum atomic E-state index is -0.787. The lowest BCUT2D eigenvalue weighted by Crippen LogP contribution is -2.40. The first-order valence-corrected chi connectivity index (χ1v) is 12.5. The molecule has 0 bridgehead atoms. The molecule has 0 saturated heterocycles. The number of hydrogen-bond acceptors (Lipinski definition) is 7. The normalized spacial score (nSPS) is 15.3. The first kappa shape index (κ1) is 24.3. The van der Waals surface area contributed by atoms with Gasteiger partial charge in [-0.05, 0) is 55.8 Å². The number of aromatic hydroxyl groups is 1. The van der Waals surface area contributed by atoms with Gasteiger partial charge in [0.15, 0.2) is 16.3 Å². The van der Waals surface area contributed by atoms with Gasteiger partial charge in [-0.25, -0.2) is 4.99 Å². The average molecular weight is 516 g/mol. The van der Waals surface area contributed by atoms with Crippen molar-refractivity contribution in [3.05, 3.63) is 103 Å². The Morgan fingerprint density at radius 2 is 2.00 bits per heavy atom. The fourth-order valence-corrected chi connectivity index (χ4v) is 5.31. The number of anilines is 1. The van der Waals surface area contributed by atoms with Gasteiger partial charge in [-0.3, -0.25) is 18.8 Å². The van der Waals surface area contributed by atoms with E-state index in [4.69, 9.17) is 4.74 Å². The maximum Gasteiger partial charge on any atom is 0.271 e. The van der Waals surface area contributed by atoms with Gasteiger partial charge in [0.1, 0.15) is 0 Å². The van der Waals surface area contributed by atoms with Gasteiger partial charge in [0, 0.05) is 18.4 Å². The number of rotatable bonds is 6. The van der Waals surface area contributed by atoms with Crippen molar-refractivity contribution in [1.82, 2.24) is 14.3 Å². The molecule has 0 aliphatic carbocycles. The van der Waals surface area contributed by atoms with Gasteiger partial charge in [-0.2, -0.15) is 5.10 Å². The molecule has 188 valence electrons. The minimum Gasteiger partial charge on any atom is -0.504 e. The number of thiazole rings is 1. The van der Waals surface area contributed by atoms with Gasteiger partial charge in [0.25, 0.3) is 11.5 Å². The van der Waals surface area contributed by atoms with Crippen molar-refractivity contribution in [2.45, 2.75) is 26.4 Å². The molecule has 0 fully saturated rings. The van der Waals surface area contributed by atoms with E-state index in [2.05, 4.69) is 15.4 Å². The summed E-state index contributed by atoms with van der Waals surface area (Å²) < 4.78 is 9.07. The van der Waals surface area contributed by atoms with Crippen LogP contribution in [0.3, 0.4) is 0 Å². The topological polar surface area (TPSA) is 111 Å². The van der Waals surface area contributed by atoms with E-state index in [1.807, 2.05) is 37.4 Å². The number of methoxy groups -OCH3 is 1. The van der Waals surface area contributed by atoms with Crippen molar-refractivity contribution in [3.63, 3.8) is 0 Å². The molecule has 0 radical (unpaired) electrons. The lowest BCUT2D eigenvalue weighted by Gasteiger charge is -2.25. The van der Waals surface area contributed by atoms with Crippen molar-refractivity contribution in [3.8, 4) is 11.5 Å². The average Bonchev–Trinajstić information content (AvgIpc) is 3.48. The number of allylic oxidation sites excluding steroid dienone is 1. The molecule has 0 spiro atoms. The number of benzene rings is 2. The number of nitrogens with zero attached hydrogens (tertiary/aromatic N) is 4. The SMILES string of the molecule is CCn1ccc(C=c2sc3n(c2=O)C(c2ccc(O)c(OC)c2)C(C(=O)Nc2ccccc2)=C(C)N=3)n1. The first-order chi connectivity index (χ1) is 17.9. The number of aromatic nitrogens is 3. The third-order valence-corrected chi connectivity index (χ3v) is 7.06. The number of carbonyl (C=O) groups is 1. The van der Waals surface area contributed by atoms with E-state index < -0.39 is 6.04 Å². The molecule has 0 saturated carbocycles. The number of nitrogens with one attached hydrogen (secondary N) is 1. The number of carbonyl (C=O) groups excluding carboxylic acids is 1. The van der Waals surface area contributed by atoms with Gasteiger partial charge >= 0.3 is 0 Å². The molecule has 1 unspecified atom stereocenters. The standard InChI is InChI=1S/C27H25N5O4S/c1-4-31-13-12-19(30-31)15-22-26(35)32-24(17-10-11-20(33)21(14-17)36-3)23(16(2)28-27(32)37-22)25(34)29-18-8-6-5-7-9-18/h5-15,24,33H,4H2,1-3H3,(H,29,34). The molecular weight excluding hydrogens is 490 g/mol. The van der Waals surface area contributed by atoms with Gasteiger partial charge < -0.3 is 15.2 Å². The summed E-state index contributed by atoms with van der Waals surface area (Å²) in [5.41, 5.74) is 2.42. The molecule has 37 heavy (non-hydrogen) atoms. The Kier molecular flexibility index (Phi) is 6.49. The predicted molar refractivity (Wildman–Crippen MR) is 141 cm³/mol. The first-order valence-electron chi connectivity index (χ1n) is 11.7. The largest absolute Gasteiger partial charge is 0.504 e. The number of ether oxygens (including phenoxy) is 1. The molecule has 4 aromatic rings. The second kappa shape index (κ2) is 9.90. The smallest absolute Gasteiger partial charge is 0.271 e. The number of hydrogen-bond donors (Lipinski definition) is 2. The van der Waals surface area contributed by atoms with E-state index in [0.29, 0.717) is 37.5 Å². The van der Waals surface area contributed by atoms with Crippen LogP contribution in [0.25, 0.3) is 6.08 Å². The van der Waals surface area contributed by atoms with Crippen LogP contribution in [0.1, 0.15) is 31.1 Å². The zero-order chi connectivity index (χ0) is 26.1. The molecule has 10 heteroatoms. The van der Waals surface area contributed by atoms with Gasteiger partial charge in [-0.15, -0.1) is 0 Å². The molecule has 1 aliphatic rings. The van der Waals surface area contributed by atoms with Crippen LogP contribution in [0.15, 0.2) is 81.9 Å². The third kappa shape index (κ3) is 4.58. The summed E-state index contributed by atoms with van der Waals surface area (Å²) in [7, 11) is 1.45. The number of amides is 1. The number of aryl methyl sites for hydroxylation is 1. The van der Waals surface area contributed by atoms with E-state index in [0.717, 1.165) is 6.54 Å². The van der Waals surface area contributed by atoms with Crippen LogP contribution in [0, 0.1) is 0 Å². The second-order valence-corrected chi connectivity index (χ2v) is 9.44. The Labute approximate surface area is 216 Å². The molecule has 9 nitrogen and oxygen atoms in total. The van der Waals surface area contributed by atoms with E-state index in [1.54, 1.807) is 41.9 Å². The summed E-state index contributed by atoms with van der Waals surface area (Å²) in [6.45, 7) is 4.46. The minimum absolute atomic E-state index is 0.0406. The van der Waals surface area contributed by atoms with Crippen LogP contribution in [0.2, 0.25) is 0 Å². The van der Waals surface area contributed by atoms with Gasteiger partial charge in [0.05, 0.1) is 34.6 Å². The molecular formula is C27H25N5O4S. The molecule has 2 N–H and O–H groups in total. The highest BCUT2D eigenvalue weighted by molar-refractivity contribution is 7.07. The fourth-order valence-electron chi connectivity index (χ4n) is 4.28. The van der Waals surface area contributed by atoms with E-state index >= 15 is 0 Å². The molecule has 3 heterocycles. The molecule has 1 aliphatic heterocycles. The fraction of sp³-hybridized carbons (Fsp3) is 0.185. The van der Waals surface area contributed by atoms with Crippen LogP contribution < -0.4 is 24.9 Å². The highest BCUT2D eigenvalue weighted by atomic mass is 32.1. The molecule has 5 rings (SSSR count).